The van der Waals surface area contributed by atoms with E-state index in [1.165, 1.54) is 12.8 Å². The Morgan fingerprint density at radius 1 is 1.47 bits per heavy atom. The Morgan fingerprint density at radius 2 is 2.07 bits per heavy atom. The van der Waals surface area contributed by atoms with E-state index < -0.39 is 0 Å². The van der Waals surface area contributed by atoms with Gasteiger partial charge in [-0.2, -0.15) is 0 Å². The molecule has 0 aromatic rings. The normalized spacial score (nSPS) is 18.8. The highest BCUT2D eigenvalue weighted by Gasteiger charge is 2.21. The second-order valence-corrected chi connectivity index (χ2v) is 4.76. The molecule has 0 saturated heterocycles. The molecule has 1 fully saturated rings. The number of amides is 1. The van der Waals surface area contributed by atoms with Crippen LogP contribution in [0.1, 0.15) is 52.4 Å². The Kier molecular flexibility index (Phi) is 4.86. The molecule has 0 aromatic carbocycles. The molecule has 2 heteroatoms. The third-order valence-electron chi connectivity index (χ3n) is 3.16. The van der Waals surface area contributed by atoms with E-state index in [0.717, 1.165) is 31.3 Å². The van der Waals surface area contributed by atoms with Gasteiger partial charge in [0.15, 0.2) is 0 Å². The lowest BCUT2D eigenvalue weighted by molar-refractivity contribution is -0.125. The van der Waals surface area contributed by atoms with Crippen LogP contribution in [0.3, 0.4) is 0 Å². The Balaban J connectivity index is 2.38. The maximum absolute atomic E-state index is 11.9. The predicted octanol–water partition coefficient (Wildman–Crippen LogP) is 3.04. The highest BCUT2D eigenvalue weighted by Crippen LogP contribution is 2.20. The molecule has 86 valence electrons. The van der Waals surface area contributed by atoms with Crippen molar-refractivity contribution in [3.05, 3.63) is 12.2 Å². The Morgan fingerprint density at radius 3 is 2.53 bits per heavy atom. The SMILES string of the molecule is C=C(C)CC(CC)C(=O)NC1CCCC1. The van der Waals surface area contributed by atoms with Gasteiger partial charge in [0, 0.05) is 12.0 Å². The van der Waals surface area contributed by atoms with Gasteiger partial charge in [0.2, 0.25) is 5.91 Å². The van der Waals surface area contributed by atoms with Gasteiger partial charge in [-0.1, -0.05) is 25.3 Å². The zero-order valence-electron chi connectivity index (χ0n) is 10.0. The standard InChI is InChI=1S/C13H23NO/c1-4-11(9-10(2)3)13(15)14-12-7-5-6-8-12/h11-12H,2,4-9H2,1,3H3,(H,14,15). The van der Waals surface area contributed by atoms with Gasteiger partial charge >= 0.3 is 0 Å². The maximum atomic E-state index is 11.9. The van der Waals surface area contributed by atoms with E-state index in [1.807, 2.05) is 6.92 Å². The summed E-state index contributed by atoms with van der Waals surface area (Å²) in [5, 5.41) is 3.16. The zero-order valence-corrected chi connectivity index (χ0v) is 10.0. The third-order valence-corrected chi connectivity index (χ3v) is 3.16. The first-order valence-corrected chi connectivity index (χ1v) is 6.08. The highest BCUT2D eigenvalue weighted by molar-refractivity contribution is 5.79. The fourth-order valence-electron chi connectivity index (χ4n) is 2.23. The van der Waals surface area contributed by atoms with E-state index in [4.69, 9.17) is 0 Å². The summed E-state index contributed by atoms with van der Waals surface area (Å²) in [6.45, 7) is 7.94. The molecule has 1 atom stereocenters. The zero-order chi connectivity index (χ0) is 11.3. The van der Waals surface area contributed by atoms with Crippen molar-refractivity contribution in [2.75, 3.05) is 0 Å². The van der Waals surface area contributed by atoms with Crippen molar-refractivity contribution in [2.24, 2.45) is 5.92 Å². The second kappa shape index (κ2) is 5.94. The van der Waals surface area contributed by atoms with Crippen LogP contribution in [0.25, 0.3) is 0 Å². The van der Waals surface area contributed by atoms with Crippen molar-refractivity contribution >= 4 is 5.91 Å². The summed E-state index contributed by atoms with van der Waals surface area (Å²) in [5.41, 5.74) is 1.10. The average molecular weight is 209 g/mol. The second-order valence-electron chi connectivity index (χ2n) is 4.76. The summed E-state index contributed by atoms with van der Waals surface area (Å²) >= 11 is 0. The number of hydrogen-bond donors (Lipinski definition) is 1. The molecule has 1 aliphatic rings. The van der Waals surface area contributed by atoms with Crippen LogP contribution in [0.15, 0.2) is 12.2 Å². The summed E-state index contributed by atoms with van der Waals surface area (Å²) in [7, 11) is 0. The van der Waals surface area contributed by atoms with Crippen molar-refractivity contribution in [3.63, 3.8) is 0 Å². The first-order chi connectivity index (χ1) is 7.13. The lowest BCUT2D eigenvalue weighted by Gasteiger charge is -2.18. The van der Waals surface area contributed by atoms with Gasteiger partial charge < -0.3 is 5.32 Å². The minimum atomic E-state index is 0.128. The molecular formula is C13H23NO. The van der Waals surface area contributed by atoms with Crippen LogP contribution in [0, 0.1) is 5.92 Å². The number of rotatable bonds is 5. The molecule has 1 rings (SSSR count). The first kappa shape index (κ1) is 12.3. The van der Waals surface area contributed by atoms with Crippen LogP contribution in [-0.4, -0.2) is 11.9 Å². The number of hydrogen-bond acceptors (Lipinski definition) is 1. The van der Waals surface area contributed by atoms with Gasteiger partial charge in [-0.15, -0.1) is 6.58 Å². The number of allylic oxidation sites excluding steroid dienone is 1. The molecule has 0 aliphatic heterocycles. The van der Waals surface area contributed by atoms with Crippen LogP contribution in [0.2, 0.25) is 0 Å². The van der Waals surface area contributed by atoms with E-state index in [2.05, 4.69) is 18.8 Å². The molecule has 1 aliphatic carbocycles. The van der Waals surface area contributed by atoms with Gasteiger partial charge in [-0.25, -0.2) is 0 Å². The molecular weight excluding hydrogens is 186 g/mol. The van der Waals surface area contributed by atoms with E-state index in [0.29, 0.717) is 6.04 Å². The van der Waals surface area contributed by atoms with Crippen molar-refractivity contribution in [2.45, 2.75) is 58.4 Å². The number of carbonyl (C=O) groups is 1. The minimum Gasteiger partial charge on any atom is -0.353 e. The molecule has 15 heavy (non-hydrogen) atoms. The van der Waals surface area contributed by atoms with Gasteiger partial charge in [-0.05, 0) is 32.6 Å². The van der Waals surface area contributed by atoms with Crippen molar-refractivity contribution in [1.82, 2.24) is 5.32 Å². The molecule has 0 bridgehead atoms. The van der Waals surface area contributed by atoms with Gasteiger partial charge in [-0.3, -0.25) is 4.79 Å². The maximum Gasteiger partial charge on any atom is 0.223 e. The van der Waals surface area contributed by atoms with E-state index in [9.17, 15) is 4.79 Å². The molecule has 1 N–H and O–H groups in total. The molecule has 1 unspecified atom stereocenters. The van der Waals surface area contributed by atoms with Gasteiger partial charge in [0.25, 0.3) is 0 Å². The fourth-order valence-corrected chi connectivity index (χ4v) is 2.23. The van der Waals surface area contributed by atoms with Gasteiger partial charge in [0.05, 0.1) is 0 Å². The molecule has 1 saturated carbocycles. The van der Waals surface area contributed by atoms with Crippen molar-refractivity contribution in [1.29, 1.82) is 0 Å². The molecule has 0 spiro atoms. The first-order valence-electron chi connectivity index (χ1n) is 6.08. The lowest BCUT2D eigenvalue weighted by atomic mass is 9.97. The smallest absolute Gasteiger partial charge is 0.223 e. The number of nitrogens with one attached hydrogen (secondary N) is 1. The lowest BCUT2D eigenvalue weighted by Crippen LogP contribution is -2.37. The monoisotopic (exact) mass is 209 g/mol. The van der Waals surface area contributed by atoms with Crippen LogP contribution in [0.5, 0.6) is 0 Å². The Bertz CT molecular complexity index is 229. The molecule has 0 heterocycles. The summed E-state index contributed by atoms with van der Waals surface area (Å²) in [6.07, 6.45) is 6.59. The largest absolute Gasteiger partial charge is 0.353 e. The Hall–Kier alpha value is -0.790. The summed E-state index contributed by atoms with van der Waals surface area (Å²) in [5.74, 6) is 0.357. The van der Waals surface area contributed by atoms with Crippen molar-refractivity contribution in [3.8, 4) is 0 Å². The third kappa shape index (κ3) is 4.06. The van der Waals surface area contributed by atoms with E-state index >= 15 is 0 Å². The highest BCUT2D eigenvalue weighted by atomic mass is 16.1. The summed E-state index contributed by atoms with van der Waals surface area (Å²) in [6, 6.07) is 0.441. The predicted molar refractivity (Wildman–Crippen MR) is 63.6 cm³/mol. The topological polar surface area (TPSA) is 29.1 Å². The van der Waals surface area contributed by atoms with Crippen LogP contribution >= 0.6 is 0 Å². The Labute approximate surface area is 93.1 Å². The van der Waals surface area contributed by atoms with Crippen LogP contribution in [0.4, 0.5) is 0 Å². The van der Waals surface area contributed by atoms with Crippen molar-refractivity contribution < 1.29 is 4.79 Å². The minimum absolute atomic E-state index is 0.128. The number of carbonyl (C=O) groups excluding carboxylic acids is 1. The quantitative estimate of drug-likeness (QED) is 0.693. The molecule has 0 radical (unpaired) electrons. The summed E-state index contributed by atoms with van der Waals surface area (Å²) in [4.78, 5) is 11.9. The van der Waals surface area contributed by atoms with Crippen LogP contribution < -0.4 is 5.32 Å². The fraction of sp³-hybridized carbons (Fsp3) is 0.769. The van der Waals surface area contributed by atoms with E-state index in [1.54, 1.807) is 0 Å². The molecule has 0 aromatic heterocycles. The van der Waals surface area contributed by atoms with Gasteiger partial charge in [0.1, 0.15) is 0 Å². The summed E-state index contributed by atoms with van der Waals surface area (Å²) < 4.78 is 0. The average Bonchev–Trinajstić information content (AvgIpc) is 2.66. The van der Waals surface area contributed by atoms with Crippen LogP contribution in [-0.2, 0) is 4.79 Å². The molecule has 2 nitrogen and oxygen atoms in total. The van der Waals surface area contributed by atoms with E-state index in [-0.39, 0.29) is 11.8 Å². The molecule has 1 amide bonds.